The maximum Gasteiger partial charge on any atom is 0.185 e. The maximum atomic E-state index is 12.0. The van der Waals surface area contributed by atoms with Crippen LogP contribution in [-0.4, -0.2) is 12.4 Å². The van der Waals surface area contributed by atoms with Gasteiger partial charge in [-0.3, -0.25) is 4.79 Å². The molecule has 0 saturated heterocycles. The highest BCUT2D eigenvalue weighted by atomic mass is 35.5. The van der Waals surface area contributed by atoms with Crippen LogP contribution in [0.5, 0.6) is 5.75 Å². The standard InChI is InChI=1S/C17H15ClO2/c1-2-20-17-6-4-3-5-14(17)9-12-16(19)13-7-10-15(18)11-8-13/h3-12H,2H2,1H3/b12-9+. The van der Waals surface area contributed by atoms with Gasteiger partial charge in [-0.05, 0) is 49.4 Å². The van der Waals surface area contributed by atoms with Gasteiger partial charge in [0.15, 0.2) is 5.78 Å². The van der Waals surface area contributed by atoms with Crippen molar-refractivity contribution in [3.63, 3.8) is 0 Å². The molecule has 20 heavy (non-hydrogen) atoms. The highest BCUT2D eigenvalue weighted by Gasteiger charge is 2.03. The molecule has 0 atom stereocenters. The zero-order chi connectivity index (χ0) is 14.4. The summed E-state index contributed by atoms with van der Waals surface area (Å²) in [6, 6.07) is 14.4. The van der Waals surface area contributed by atoms with E-state index in [2.05, 4.69) is 0 Å². The van der Waals surface area contributed by atoms with Gasteiger partial charge in [0.25, 0.3) is 0 Å². The minimum Gasteiger partial charge on any atom is -0.493 e. The van der Waals surface area contributed by atoms with Crippen molar-refractivity contribution in [3.8, 4) is 5.75 Å². The lowest BCUT2D eigenvalue weighted by Crippen LogP contribution is -1.95. The Morgan fingerprint density at radius 1 is 1.15 bits per heavy atom. The Morgan fingerprint density at radius 2 is 1.85 bits per heavy atom. The van der Waals surface area contributed by atoms with Crippen LogP contribution in [0, 0.1) is 0 Å². The van der Waals surface area contributed by atoms with Crippen LogP contribution >= 0.6 is 11.6 Å². The van der Waals surface area contributed by atoms with Crippen LogP contribution < -0.4 is 4.74 Å². The minimum atomic E-state index is -0.0621. The molecule has 0 saturated carbocycles. The Labute approximate surface area is 123 Å². The first-order valence-corrected chi connectivity index (χ1v) is 6.78. The zero-order valence-electron chi connectivity index (χ0n) is 11.2. The monoisotopic (exact) mass is 286 g/mol. The number of carbonyl (C=O) groups excluding carboxylic acids is 1. The molecule has 0 unspecified atom stereocenters. The molecule has 0 radical (unpaired) electrons. The fourth-order valence-corrected chi connectivity index (χ4v) is 1.91. The Kier molecular flexibility index (Phi) is 4.97. The zero-order valence-corrected chi connectivity index (χ0v) is 11.9. The molecule has 0 aromatic heterocycles. The predicted molar refractivity (Wildman–Crippen MR) is 82.4 cm³/mol. The van der Waals surface area contributed by atoms with Crippen LogP contribution in [-0.2, 0) is 0 Å². The Bertz CT molecular complexity index is 615. The van der Waals surface area contributed by atoms with Crippen molar-refractivity contribution in [3.05, 3.63) is 70.8 Å². The van der Waals surface area contributed by atoms with Crippen LogP contribution in [0.2, 0.25) is 5.02 Å². The Balaban J connectivity index is 2.17. The van der Waals surface area contributed by atoms with E-state index in [1.54, 1.807) is 36.4 Å². The normalized spacial score (nSPS) is 10.7. The smallest absolute Gasteiger partial charge is 0.185 e. The van der Waals surface area contributed by atoms with E-state index in [0.29, 0.717) is 17.2 Å². The van der Waals surface area contributed by atoms with Crippen molar-refractivity contribution in [1.82, 2.24) is 0 Å². The molecule has 0 spiro atoms. The van der Waals surface area contributed by atoms with E-state index in [-0.39, 0.29) is 5.78 Å². The number of ketones is 1. The maximum absolute atomic E-state index is 12.0. The number of ether oxygens (including phenoxy) is 1. The van der Waals surface area contributed by atoms with E-state index in [4.69, 9.17) is 16.3 Å². The first-order valence-electron chi connectivity index (χ1n) is 6.40. The molecule has 0 aliphatic heterocycles. The lowest BCUT2D eigenvalue weighted by Gasteiger charge is -2.06. The largest absolute Gasteiger partial charge is 0.493 e. The van der Waals surface area contributed by atoms with E-state index in [1.807, 2.05) is 31.2 Å². The van der Waals surface area contributed by atoms with Crippen molar-refractivity contribution in [2.75, 3.05) is 6.61 Å². The molecule has 0 aliphatic rings. The van der Waals surface area contributed by atoms with Crippen LogP contribution in [0.25, 0.3) is 6.08 Å². The summed E-state index contributed by atoms with van der Waals surface area (Å²) in [6.07, 6.45) is 3.31. The van der Waals surface area contributed by atoms with Gasteiger partial charge < -0.3 is 4.74 Å². The molecule has 0 fully saturated rings. The molecule has 0 aliphatic carbocycles. The number of allylic oxidation sites excluding steroid dienone is 1. The second kappa shape index (κ2) is 6.92. The first kappa shape index (κ1) is 14.4. The third-order valence-electron chi connectivity index (χ3n) is 2.76. The molecule has 0 N–H and O–H groups in total. The summed E-state index contributed by atoms with van der Waals surface area (Å²) in [6.45, 7) is 2.52. The SMILES string of the molecule is CCOc1ccccc1/C=C/C(=O)c1ccc(Cl)cc1. The van der Waals surface area contributed by atoms with Crippen molar-refractivity contribution < 1.29 is 9.53 Å². The van der Waals surface area contributed by atoms with Gasteiger partial charge in [0, 0.05) is 16.1 Å². The van der Waals surface area contributed by atoms with Crippen molar-refractivity contribution >= 4 is 23.5 Å². The second-order valence-electron chi connectivity index (χ2n) is 4.18. The fourth-order valence-electron chi connectivity index (χ4n) is 1.78. The molecular formula is C17H15ClO2. The van der Waals surface area contributed by atoms with E-state index in [1.165, 1.54) is 0 Å². The average molecular weight is 287 g/mol. The molecule has 3 heteroatoms. The van der Waals surface area contributed by atoms with Crippen LogP contribution in [0.15, 0.2) is 54.6 Å². The van der Waals surface area contributed by atoms with E-state index < -0.39 is 0 Å². The lowest BCUT2D eigenvalue weighted by atomic mass is 10.1. The molecule has 2 nitrogen and oxygen atoms in total. The number of rotatable bonds is 5. The average Bonchev–Trinajstić information content (AvgIpc) is 2.47. The number of hydrogen-bond acceptors (Lipinski definition) is 2. The molecule has 2 aromatic rings. The molecule has 2 aromatic carbocycles. The fraction of sp³-hybridized carbons (Fsp3) is 0.118. The number of halogens is 1. The van der Waals surface area contributed by atoms with Crippen molar-refractivity contribution in [2.24, 2.45) is 0 Å². The number of benzene rings is 2. The highest BCUT2D eigenvalue weighted by molar-refractivity contribution is 6.30. The summed E-state index contributed by atoms with van der Waals surface area (Å²) in [4.78, 5) is 12.0. The molecule has 102 valence electrons. The van der Waals surface area contributed by atoms with Gasteiger partial charge in [-0.2, -0.15) is 0 Å². The van der Waals surface area contributed by atoms with E-state index in [0.717, 1.165) is 11.3 Å². The van der Waals surface area contributed by atoms with Crippen LogP contribution in [0.3, 0.4) is 0 Å². The number of hydrogen-bond donors (Lipinski definition) is 0. The summed E-state index contributed by atoms with van der Waals surface area (Å²) in [5.41, 5.74) is 1.50. The number of carbonyl (C=O) groups is 1. The van der Waals surface area contributed by atoms with Gasteiger partial charge in [-0.1, -0.05) is 29.8 Å². The molecule has 0 bridgehead atoms. The van der Waals surface area contributed by atoms with Crippen LogP contribution in [0.1, 0.15) is 22.8 Å². The van der Waals surface area contributed by atoms with Gasteiger partial charge in [0.1, 0.15) is 5.75 Å². The van der Waals surface area contributed by atoms with Gasteiger partial charge in [0.2, 0.25) is 0 Å². The summed E-state index contributed by atoms with van der Waals surface area (Å²) in [7, 11) is 0. The third kappa shape index (κ3) is 3.72. The Hall–Kier alpha value is -2.06. The molecule has 0 amide bonds. The third-order valence-corrected chi connectivity index (χ3v) is 3.01. The summed E-state index contributed by atoms with van der Waals surface area (Å²) in [5, 5.41) is 0.618. The Morgan fingerprint density at radius 3 is 2.55 bits per heavy atom. The van der Waals surface area contributed by atoms with Crippen molar-refractivity contribution in [1.29, 1.82) is 0 Å². The molecular weight excluding hydrogens is 272 g/mol. The summed E-state index contributed by atoms with van der Waals surface area (Å²) in [5.74, 6) is 0.711. The topological polar surface area (TPSA) is 26.3 Å². The highest BCUT2D eigenvalue weighted by Crippen LogP contribution is 2.20. The molecule has 0 heterocycles. The van der Waals surface area contributed by atoms with E-state index in [9.17, 15) is 4.79 Å². The molecule has 2 rings (SSSR count). The van der Waals surface area contributed by atoms with Gasteiger partial charge in [-0.25, -0.2) is 0 Å². The van der Waals surface area contributed by atoms with Gasteiger partial charge in [0.05, 0.1) is 6.61 Å². The van der Waals surface area contributed by atoms with Crippen LogP contribution in [0.4, 0.5) is 0 Å². The summed E-state index contributed by atoms with van der Waals surface area (Å²) < 4.78 is 5.51. The minimum absolute atomic E-state index is 0.0621. The van der Waals surface area contributed by atoms with Gasteiger partial charge >= 0.3 is 0 Å². The second-order valence-corrected chi connectivity index (χ2v) is 4.61. The predicted octanol–water partition coefficient (Wildman–Crippen LogP) is 4.63. The first-order chi connectivity index (χ1) is 9.70. The quantitative estimate of drug-likeness (QED) is 0.591. The van der Waals surface area contributed by atoms with E-state index >= 15 is 0 Å². The van der Waals surface area contributed by atoms with Crippen molar-refractivity contribution in [2.45, 2.75) is 6.92 Å². The number of para-hydroxylation sites is 1. The lowest BCUT2D eigenvalue weighted by molar-refractivity contribution is 0.104. The summed E-state index contributed by atoms with van der Waals surface area (Å²) >= 11 is 5.80. The van der Waals surface area contributed by atoms with Gasteiger partial charge in [-0.15, -0.1) is 0 Å².